The van der Waals surface area contributed by atoms with Gasteiger partial charge in [0.2, 0.25) is 5.91 Å². The van der Waals surface area contributed by atoms with Gasteiger partial charge in [-0.15, -0.1) is 0 Å². The molecule has 2 atom stereocenters. The number of allylic oxidation sites excluding steroid dienone is 2. The lowest BCUT2D eigenvalue weighted by atomic mass is 9.91. The van der Waals surface area contributed by atoms with Crippen molar-refractivity contribution in [1.29, 1.82) is 0 Å². The van der Waals surface area contributed by atoms with Gasteiger partial charge in [0.15, 0.2) is 18.0 Å². The number of aliphatic imine (C=N–C) groups is 1. The van der Waals surface area contributed by atoms with Crippen LogP contribution >= 0.6 is 0 Å². The number of rotatable bonds is 8. The Kier molecular flexibility index (Phi) is 7.57. The molecule has 0 spiro atoms. The number of benzene rings is 1. The first kappa shape index (κ1) is 24.4. The first-order valence-corrected chi connectivity index (χ1v) is 9.04. The molecule has 172 valence electrons. The summed E-state index contributed by atoms with van der Waals surface area (Å²) < 4.78 is 57.3. The highest BCUT2D eigenvalue weighted by atomic mass is 19.2. The number of aliphatic carboxylic acids is 1. The van der Waals surface area contributed by atoms with Crippen molar-refractivity contribution in [2.75, 3.05) is 6.54 Å². The van der Waals surface area contributed by atoms with E-state index in [2.05, 4.69) is 10.3 Å². The van der Waals surface area contributed by atoms with E-state index in [1.54, 1.807) is 0 Å². The highest BCUT2D eigenvalue weighted by molar-refractivity contribution is 5.97. The molecule has 0 aromatic heterocycles. The van der Waals surface area contributed by atoms with Gasteiger partial charge in [-0.3, -0.25) is 14.4 Å². The van der Waals surface area contributed by atoms with Gasteiger partial charge in [-0.2, -0.15) is 0 Å². The van der Waals surface area contributed by atoms with E-state index in [1.807, 2.05) is 0 Å². The molecule has 0 radical (unpaired) electrons. The molecule has 2 amide bonds. The third kappa shape index (κ3) is 5.83. The van der Waals surface area contributed by atoms with Crippen molar-refractivity contribution in [3.63, 3.8) is 0 Å². The minimum absolute atomic E-state index is 0.0291. The summed E-state index contributed by atoms with van der Waals surface area (Å²) in [6.45, 7) is -0.881. The van der Waals surface area contributed by atoms with E-state index in [0.29, 0.717) is 0 Å². The number of hydrogen-bond donors (Lipinski definition) is 5. The minimum atomic E-state index is -3.77. The van der Waals surface area contributed by atoms with Crippen LogP contribution in [0.4, 0.5) is 23.2 Å². The molecule has 1 aliphatic carbocycles. The van der Waals surface area contributed by atoms with Gasteiger partial charge >= 0.3 is 5.97 Å². The molecule has 9 nitrogen and oxygen atoms in total. The Morgan fingerprint density at radius 1 is 1.22 bits per heavy atom. The number of alkyl halides is 2. The van der Waals surface area contributed by atoms with Crippen LogP contribution in [0.5, 0.6) is 0 Å². The second-order valence-electron chi connectivity index (χ2n) is 6.65. The Morgan fingerprint density at radius 3 is 2.53 bits per heavy atom. The second-order valence-corrected chi connectivity index (χ2v) is 6.65. The average molecular weight is 457 g/mol. The van der Waals surface area contributed by atoms with Crippen LogP contribution in [0.15, 0.2) is 52.6 Å². The molecule has 7 N–H and O–H groups in total. The van der Waals surface area contributed by atoms with Crippen LogP contribution in [-0.2, 0) is 9.59 Å². The Morgan fingerprint density at radius 2 is 1.91 bits per heavy atom. The number of nitrogens with two attached hydrogens (primary N) is 2. The summed E-state index contributed by atoms with van der Waals surface area (Å²) in [5.41, 5.74) is 9.81. The molecule has 1 aromatic rings. The van der Waals surface area contributed by atoms with Gasteiger partial charge in [0.05, 0.1) is 12.2 Å². The number of carbonyl (C=O) groups excluding carboxylic acids is 2. The second kappa shape index (κ2) is 9.94. The average Bonchev–Trinajstić information content (AvgIpc) is 2.70. The molecule has 0 heterocycles. The number of carbonyl (C=O) groups is 3. The molecule has 1 aromatic carbocycles. The number of nitrogens with one attached hydrogen (secondary N) is 2. The number of guanidine groups is 1. The summed E-state index contributed by atoms with van der Waals surface area (Å²) in [4.78, 5) is 38.5. The van der Waals surface area contributed by atoms with E-state index in [-0.39, 0.29) is 23.3 Å². The lowest BCUT2D eigenvalue weighted by Crippen LogP contribution is -2.56. The molecule has 2 unspecified atom stereocenters. The third-order valence-corrected chi connectivity index (χ3v) is 4.27. The van der Waals surface area contributed by atoms with Crippen LogP contribution in [0.2, 0.25) is 0 Å². The van der Waals surface area contributed by atoms with Crippen molar-refractivity contribution >= 4 is 29.4 Å². The van der Waals surface area contributed by atoms with Crippen LogP contribution < -0.4 is 22.1 Å². The zero-order valence-corrected chi connectivity index (χ0v) is 16.4. The van der Waals surface area contributed by atoms with Crippen molar-refractivity contribution in [2.45, 2.75) is 24.8 Å². The quantitative estimate of drug-likeness (QED) is 0.172. The fraction of sp³-hybridized carbons (Fsp3) is 0.263. The highest BCUT2D eigenvalue weighted by Crippen LogP contribution is 2.39. The van der Waals surface area contributed by atoms with E-state index in [9.17, 15) is 31.9 Å². The van der Waals surface area contributed by atoms with Crippen molar-refractivity contribution in [2.24, 2.45) is 16.5 Å². The topological polar surface area (TPSA) is 160 Å². The number of carboxylic acids is 1. The molecule has 0 saturated heterocycles. The van der Waals surface area contributed by atoms with Gasteiger partial charge in [0, 0.05) is 23.6 Å². The standard InChI is InChI=1S/C19H19F4N5O4/c20-12-7-13(21)19(23,16(22)11(12)4-5-15(30)31)28-14(29)8-26-17(32)9-2-1-3-10(6-9)27-18(24)25/h1-3,6-7,16H,4-5,8H2,(H,26,32)(H,28,29)(H,30,31)(H4,24,25,27). The first-order chi connectivity index (χ1) is 14.9. The normalized spacial score (nSPS) is 20.2. The van der Waals surface area contributed by atoms with Crippen molar-refractivity contribution in [1.82, 2.24) is 10.6 Å². The molecule has 32 heavy (non-hydrogen) atoms. The predicted molar refractivity (Wildman–Crippen MR) is 105 cm³/mol. The van der Waals surface area contributed by atoms with Crippen LogP contribution in [0.25, 0.3) is 0 Å². The number of carboxylic acid groups (broad SMARTS) is 1. The summed E-state index contributed by atoms with van der Waals surface area (Å²) in [5, 5.41) is 12.2. The van der Waals surface area contributed by atoms with E-state index >= 15 is 0 Å². The molecule has 0 saturated carbocycles. The summed E-state index contributed by atoms with van der Waals surface area (Å²) in [6, 6.07) is 5.58. The number of halogens is 4. The monoisotopic (exact) mass is 457 g/mol. The Hall–Kier alpha value is -3.90. The fourth-order valence-corrected chi connectivity index (χ4v) is 2.78. The SMILES string of the molecule is NC(N)=Nc1cccc(C(=O)NCC(=O)NC2(F)C(F)=CC(F)=C(CCC(=O)O)C2F)c1. The fourth-order valence-electron chi connectivity index (χ4n) is 2.78. The number of amides is 2. The Balaban J connectivity index is 2.06. The molecule has 13 heteroatoms. The maximum atomic E-state index is 14.9. The number of nitrogens with zero attached hydrogens (tertiary/aromatic N) is 1. The van der Waals surface area contributed by atoms with E-state index < -0.39 is 66.4 Å². The van der Waals surface area contributed by atoms with Gasteiger partial charge < -0.3 is 27.2 Å². The molecule has 0 fully saturated rings. The first-order valence-electron chi connectivity index (χ1n) is 9.04. The number of hydrogen-bond acceptors (Lipinski definition) is 4. The van der Waals surface area contributed by atoms with Crippen molar-refractivity contribution < 1.29 is 37.1 Å². The summed E-state index contributed by atoms with van der Waals surface area (Å²) in [7, 11) is 0. The van der Waals surface area contributed by atoms with Crippen LogP contribution in [0.1, 0.15) is 23.2 Å². The molecule has 1 aliphatic rings. The molecular weight excluding hydrogens is 438 g/mol. The molecular formula is C19H19F4N5O4. The maximum Gasteiger partial charge on any atom is 0.303 e. The van der Waals surface area contributed by atoms with Crippen molar-refractivity contribution in [3.8, 4) is 0 Å². The van der Waals surface area contributed by atoms with Crippen LogP contribution in [0.3, 0.4) is 0 Å². The predicted octanol–water partition coefficient (Wildman–Crippen LogP) is 1.40. The highest BCUT2D eigenvalue weighted by Gasteiger charge is 2.51. The molecule has 0 bridgehead atoms. The lowest BCUT2D eigenvalue weighted by Gasteiger charge is -2.32. The van der Waals surface area contributed by atoms with E-state index in [1.165, 1.54) is 29.6 Å². The van der Waals surface area contributed by atoms with Crippen LogP contribution in [0, 0.1) is 0 Å². The zero-order valence-electron chi connectivity index (χ0n) is 16.4. The van der Waals surface area contributed by atoms with E-state index in [4.69, 9.17) is 16.6 Å². The van der Waals surface area contributed by atoms with E-state index in [0.717, 1.165) is 0 Å². The van der Waals surface area contributed by atoms with Gasteiger partial charge in [-0.25, -0.2) is 22.6 Å². The van der Waals surface area contributed by atoms with Gasteiger partial charge in [0.25, 0.3) is 11.7 Å². The van der Waals surface area contributed by atoms with Gasteiger partial charge in [-0.05, 0) is 24.6 Å². The maximum absolute atomic E-state index is 14.9. The Labute approximate surface area is 178 Å². The Bertz CT molecular complexity index is 1020. The largest absolute Gasteiger partial charge is 0.481 e. The smallest absolute Gasteiger partial charge is 0.303 e. The molecule has 2 rings (SSSR count). The third-order valence-electron chi connectivity index (χ3n) is 4.27. The summed E-state index contributed by atoms with van der Waals surface area (Å²) >= 11 is 0. The zero-order chi connectivity index (χ0) is 24.1. The van der Waals surface area contributed by atoms with Crippen LogP contribution in [-0.4, -0.2) is 47.4 Å². The summed E-state index contributed by atoms with van der Waals surface area (Å²) in [5.74, 6) is -11.0. The van der Waals surface area contributed by atoms with Gasteiger partial charge in [-0.1, -0.05) is 6.07 Å². The minimum Gasteiger partial charge on any atom is -0.481 e. The van der Waals surface area contributed by atoms with Crippen molar-refractivity contribution in [3.05, 3.63) is 53.1 Å². The summed E-state index contributed by atoms with van der Waals surface area (Å²) in [6.07, 6.45) is -4.46. The molecule has 0 aliphatic heterocycles. The lowest BCUT2D eigenvalue weighted by molar-refractivity contribution is -0.137. The van der Waals surface area contributed by atoms with Gasteiger partial charge in [0.1, 0.15) is 5.83 Å².